The minimum atomic E-state index is 0.697. The van der Waals surface area contributed by atoms with Gasteiger partial charge in [0.05, 0.1) is 11.5 Å². The molecule has 0 saturated heterocycles. The van der Waals surface area contributed by atoms with Gasteiger partial charge in [-0.05, 0) is 31.0 Å². The molecule has 0 fully saturated rings. The topological polar surface area (TPSA) is 38.4 Å². The number of halogens is 1. The zero-order valence-electron chi connectivity index (χ0n) is 8.55. The molecule has 0 aromatic heterocycles. The Balaban J connectivity index is 2.87. The minimum Gasteiger partial charge on any atom is -0.387 e. The molecule has 0 atom stereocenters. The third kappa shape index (κ3) is 3.14. The highest BCUT2D eigenvalue weighted by molar-refractivity contribution is 9.10. The van der Waals surface area contributed by atoms with Crippen LogP contribution in [0.1, 0.15) is 25.3 Å². The minimum absolute atomic E-state index is 0.697. The third-order valence-corrected chi connectivity index (χ3v) is 2.79. The van der Waals surface area contributed by atoms with Gasteiger partial charge < -0.3 is 5.73 Å². The van der Waals surface area contributed by atoms with Gasteiger partial charge in [-0.3, -0.25) is 0 Å². The standard InChI is InChI=1S/C11H15BrN2/c1-3-4-11(13)14-9-6-5-8(2)10(12)7-9/h5-7H,3-4H2,1-2H3,(H2,13,14). The maximum absolute atomic E-state index is 5.74. The lowest BCUT2D eigenvalue weighted by molar-refractivity contribution is 0.983. The lowest BCUT2D eigenvalue weighted by Crippen LogP contribution is -2.09. The van der Waals surface area contributed by atoms with Crippen LogP contribution in [0.5, 0.6) is 0 Å². The summed E-state index contributed by atoms with van der Waals surface area (Å²) in [7, 11) is 0. The summed E-state index contributed by atoms with van der Waals surface area (Å²) in [4.78, 5) is 4.32. The van der Waals surface area contributed by atoms with Gasteiger partial charge >= 0.3 is 0 Å². The van der Waals surface area contributed by atoms with Crippen LogP contribution in [0, 0.1) is 6.92 Å². The normalized spacial score (nSPS) is 11.8. The molecule has 1 aromatic carbocycles. The second-order valence-corrected chi connectivity index (χ2v) is 4.14. The Kier molecular flexibility index (Phi) is 4.14. The van der Waals surface area contributed by atoms with E-state index in [1.165, 1.54) is 5.56 Å². The highest BCUT2D eigenvalue weighted by Gasteiger charge is 1.97. The van der Waals surface area contributed by atoms with Crippen LogP contribution in [0.25, 0.3) is 0 Å². The third-order valence-electron chi connectivity index (χ3n) is 1.93. The molecule has 0 aliphatic rings. The summed E-state index contributed by atoms with van der Waals surface area (Å²) in [6, 6.07) is 5.99. The van der Waals surface area contributed by atoms with Crippen molar-refractivity contribution in [3.8, 4) is 0 Å². The summed E-state index contributed by atoms with van der Waals surface area (Å²) in [5.74, 6) is 0.697. The van der Waals surface area contributed by atoms with Crippen LogP contribution in [0.15, 0.2) is 27.7 Å². The first kappa shape index (κ1) is 11.2. The van der Waals surface area contributed by atoms with Crippen LogP contribution < -0.4 is 5.73 Å². The summed E-state index contributed by atoms with van der Waals surface area (Å²) in [6.07, 6.45) is 1.88. The van der Waals surface area contributed by atoms with E-state index in [1.54, 1.807) is 0 Å². The van der Waals surface area contributed by atoms with E-state index < -0.39 is 0 Å². The molecular weight excluding hydrogens is 240 g/mol. The molecular formula is C11H15BrN2. The monoisotopic (exact) mass is 254 g/mol. The number of rotatable bonds is 3. The molecule has 1 aromatic rings. The van der Waals surface area contributed by atoms with Gasteiger partial charge in [0.25, 0.3) is 0 Å². The number of benzene rings is 1. The van der Waals surface area contributed by atoms with Crippen LogP contribution in [0.2, 0.25) is 0 Å². The lowest BCUT2D eigenvalue weighted by Gasteiger charge is -2.01. The predicted octanol–water partition coefficient (Wildman–Crippen LogP) is 3.55. The fraction of sp³-hybridized carbons (Fsp3) is 0.364. The average Bonchev–Trinajstić information content (AvgIpc) is 2.12. The van der Waals surface area contributed by atoms with E-state index in [0.717, 1.165) is 23.0 Å². The second-order valence-electron chi connectivity index (χ2n) is 3.29. The molecule has 0 bridgehead atoms. The predicted molar refractivity (Wildman–Crippen MR) is 65.1 cm³/mol. The van der Waals surface area contributed by atoms with Crippen molar-refractivity contribution in [1.82, 2.24) is 0 Å². The molecule has 0 aliphatic carbocycles. The number of nitrogens with zero attached hydrogens (tertiary/aromatic N) is 1. The van der Waals surface area contributed by atoms with Crippen LogP contribution in [-0.4, -0.2) is 5.84 Å². The van der Waals surface area contributed by atoms with E-state index in [0.29, 0.717) is 5.84 Å². The zero-order valence-corrected chi connectivity index (χ0v) is 10.1. The van der Waals surface area contributed by atoms with Crippen LogP contribution in [0.3, 0.4) is 0 Å². The number of nitrogens with two attached hydrogens (primary N) is 1. The highest BCUT2D eigenvalue weighted by Crippen LogP contribution is 2.22. The Morgan fingerprint density at radius 2 is 2.21 bits per heavy atom. The Hall–Kier alpha value is -0.830. The fourth-order valence-corrected chi connectivity index (χ4v) is 1.50. The largest absolute Gasteiger partial charge is 0.387 e. The molecule has 76 valence electrons. The molecule has 14 heavy (non-hydrogen) atoms. The van der Waals surface area contributed by atoms with Crippen molar-refractivity contribution in [3.63, 3.8) is 0 Å². The first-order valence-electron chi connectivity index (χ1n) is 4.72. The average molecular weight is 255 g/mol. The Bertz CT molecular complexity index is 345. The van der Waals surface area contributed by atoms with E-state index in [2.05, 4.69) is 27.8 Å². The van der Waals surface area contributed by atoms with E-state index in [9.17, 15) is 0 Å². The second kappa shape index (κ2) is 5.15. The van der Waals surface area contributed by atoms with Gasteiger partial charge in [0.15, 0.2) is 0 Å². The first-order chi connectivity index (χ1) is 6.63. The fourth-order valence-electron chi connectivity index (χ4n) is 1.13. The van der Waals surface area contributed by atoms with Crippen molar-refractivity contribution in [1.29, 1.82) is 0 Å². The van der Waals surface area contributed by atoms with Crippen LogP contribution >= 0.6 is 15.9 Å². The van der Waals surface area contributed by atoms with E-state index in [1.807, 2.05) is 25.1 Å². The molecule has 1 rings (SSSR count). The molecule has 0 heterocycles. The quantitative estimate of drug-likeness (QED) is 0.651. The number of amidine groups is 1. The van der Waals surface area contributed by atoms with Crippen LogP contribution in [0.4, 0.5) is 5.69 Å². The maximum atomic E-state index is 5.74. The van der Waals surface area contributed by atoms with Gasteiger partial charge in [-0.15, -0.1) is 0 Å². The lowest BCUT2D eigenvalue weighted by atomic mass is 10.2. The Morgan fingerprint density at radius 1 is 1.50 bits per heavy atom. The van der Waals surface area contributed by atoms with Crippen molar-refractivity contribution >= 4 is 27.5 Å². The maximum Gasteiger partial charge on any atom is 0.0996 e. The van der Waals surface area contributed by atoms with Crippen LogP contribution in [-0.2, 0) is 0 Å². The molecule has 0 radical (unpaired) electrons. The first-order valence-corrected chi connectivity index (χ1v) is 5.52. The molecule has 0 spiro atoms. The van der Waals surface area contributed by atoms with Gasteiger partial charge in [-0.2, -0.15) is 0 Å². The van der Waals surface area contributed by atoms with Gasteiger partial charge in [0, 0.05) is 10.9 Å². The number of aliphatic imine (C=N–C) groups is 1. The van der Waals surface area contributed by atoms with Crippen molar-refractivity contribution in [2.75, 3.05) is 0 Å². The molecule has 0 saturated carbocycles. The smallest absolute Gasteiger partial charge is 0.0996 e. The van der Waals surface area contributed by atoms with Crippen molar-refractivity contribution in [2.45, 2.75) is 26.7 Å². The Labute approximate surface area is 93.4 Å². The highest BCUT2D eigenvalue weighted by atomic mass is 79.9. The SMILES string of the molecule is CCCC(N)=Nc1ccc(C)c(Br)c1. The van der Waals surface area contributed by atoms with Crippen molar-refractivity contribution < 1.29 is 0 Å². The molecule has 0 amide bonds. The summed E-state index contributed by atoms with van der Waals surface area (Å²) >= 11 is 3.46. The van der Waals surface area contributed by atoms with Crippen molar-refractivity contribution in [2.24, 2.45) is 10.7 Å². The molecule has 2 nitrogen and oxygen atoms in total. The van der Waals surface area contributed by atoms with Crippen molar-refractivity contribution in [3.05, 3.63) is 28.2 Å². The van der Waals surface area contributed by atoms with E-state index >= 15 is 0 Å². The number of aryl methyl sites for hydroxylation is 1. The molecule has 2 N–H and O–H groups in total. The zero-order chi connectivity index (χ0) is 10.6. The number of hydrogen-bond acceptors (Lipinski definition) is 1. The summed E-state index contributed by atoms with van der Waals surface area (Å²) in [6.45, 7) is 4.14. The molecule has 0 unspecified atom stereocenters. The summed E-state index contributed by atoms with van der Waals surface area (Å²) < 4.78 is 1.07. The summed E-state index contributed by atoms with van der Waals surface area (Å²) in [5.41, 5.74) is 7.86. The Morgan fingerprint density at radius 3 is 2.79 bits per heavy atom. The number of hydrogen-bond donors (Lipinski definition) is 1. The van der Waals surface area contributed by atoms with Gasteiger partial charge in [0.2, 0.25) is 0 Å². The van der Waals surface area contributed by atoms with Gasteiger partial charge in [-0.25, -0.2) is 4.99 Å². The molecule has 3 heteroatoms. The molecule has 0 aliphatic heterocycles. The van der Waals surface area contributed by atoms with Gasteiger partial charge in [-0.1, -0.05) is 28.9 Å². The van der Waals surface area contributed by atoms with Gasteiger partial charge in [0.1, 0.15) is 0 Å². The van der Waals surface area contributed by atoms with E-state index in [4.69, 9.17) is 5.73 Å². The van der Waals surface area contributed by atoms with E-state index in [-0.39, 0.29) is 0 Å². The summed E-state index contributed by atoms with van der Waals surface area (Å²) in [5, 5.41) is 0.